The number of aromatic nitrogens is 1. The second-order valence-corrected chi connectivity index (χ2v) is 6.29. The molecule has 0 bridgehead atoms. The number of ether oxygens (including phenoxy) is 1. The van der Waals surface area contributed by atoms with Gasteiger partial charge in [0.15, 0.2) is 10.9 Å². The van der Waals surface area contributed by atoms with Crippen molar-refractivity contribution in [2.24, 2.45) is 0 Å². The van der Waals surface area contributed by atoms with Crippen LogP contribution in [0.1, 0.15) is 35.8 Å². The number of hydrogen-bond donors (Lipinski definition) is 0. The maximum absolute atomic E-state index is 13.7. The third kappa shape index (κ3) is 3.27. The van der Waals surface area contributed by atoms with Crippen molar-refractivity contribution >= 4 is 22.3 Å². The van der Waals surface area contributed by atoms with Gasteiger partial charge in [-0.1, -0.05) is 0 Å². The van der Waals surface area contributed by atoms with Crippen LogP contribution in [-0.2, 0) is 6.61 Å². The molecule has 1 aliphatic carbocycles. The van der Waals surface area contributed by atoms with Gasteiger partial charge in [0.1, 0.15) is 18.2 Å². The van der Waals surface area contributed by atoms with Crippen LogP contribution in [0.15, 0.2) is 23.6 Å². The molecular weight excluding hydrogens is 303 g/mol. The van der Waals surface area contributed by atoms with Crippen LogP contribution in [0.25, 0.3) is 0 Å². The minimum absolute atomic E-state index is 0.0781. The first-order chi connectivity index (χ1) is 10.5. The van der Waals surface area contributed by atoms with Crippen molar-refractivity contribution in [3.63, 3.8) is 0 Å². The van der Waals surface area contributed by atoms with Crippen LogP contribution in [0, 0.1) is 5.82 Å². The van der Waals surface area contributed by atoms with E-state index in [9.17, 15) is 9.18 Å². The van der Waals surface area contributed by atoms with Gasteiger partial charge in [0, 0.05) is 24.5 Å². The minimum atomic E-state index is -0.558. The summed E-state index contributed by atoms with van der Waals surface area (Å²) in [6, 6.07) is 4.90. The lowest BCUT2D eigenvalue weighted by Crippen LogP contribution is -2.19. The van der Waals surface area contributed by atoms with Crippen LogP contribution >= 0.6 is 11.3 Å². The molecule has 0 radical (unpaired) electrons. The first-order valence-corrected chi connectivity index (χ1v) is 8.03. The smallest absolute Gasteiger partial charge is 0.185 e. The van der Waals surface area contributed by atoms with Gasteiger partial charge in [0.25, 0.3) is 0 Å². The van der Waals surface area contributed by atoms with Crippen LogP contribution in [0.3, 0.4) is 0 Å². The van der Waals surface area contributed by atoms with Crippen molar-refractivity contribution in [3.8, 4) is 5.75 Å². The summed E-state index contributed by atoms with van der Waals surface area (Å²) in [4.78, 5) is 17.9. The van der Waals surface area contributed by atoms with Gasteiger partial charge in [-0.2, -0.15) is 0 Å². The fourth-order valence-electron chi connectivity index (χ4n) is 2.17. The van der Waals surface area contributed by atoms with E-state index in [1.165, 1.54) is 31.9 Å². The Hall–Kier alpha value is -1.95. The number of benzene rings is 1. The molecule has 0 aliphatic heterocycles. The van der Waals surface area contributed by atoms with Crippen molar-refractivity contribution in [1.82, 2.24) is 4.98 Å². The Kier molecular flexibility index (Phi) is 4.11. The van der Waals surface area contributed by atoms with Crippen molar-refractivity contribution in [3.05, 3.63) is 40.7 Å². The topological polar surface area (TPSA) is 42.4 Å². The monoisotopic (exact) mass is 320 g/mol. The number of halogens is 1. The SMILES string of the molecule is CC(=O)c1ccc(OCc2csc(N(C)C3CC3)n2)cc1F. The number of rotatable bonds is 6. The standard InChI is InChI=1S/C16H17FN2O2S/c1-10(20)14-6-5-13(7-15(14)17)21-8-11-9-22-16(18-11)19(2)12-3-4-12/h5-7,9,12H,3-4,8H2,1-2H3. The largest absolute Gasteiger partial charge is 0.487 e. The molecule has 4 nitrogen and oxygen atoms in total. The molecule has 22 heavy (non-hydrogen) atoms. The molecule has 1 saturated carbocycles. The molecule has 0 unspecified atom stereocenters. The van der Waals surface area contributed by atoms with E-state index >= 15 is 0 Å². The summed E-state index contributed by atoms with van der Waals surface area (Å²) in [5, 5.41) is 2.94. The van der Waals surface area contributed by atoms with E-state index in [4.69, 9.17) is 4.74 Å². The Morgan fingerprint density at radius 1 is 1.50 bits per heavy atom. The molecule has 1 heterocycles. The third-order valence-electron chi connectivity index (χ3n) is 3.64. The van der Waals surface area contributed by atoms with Crippen molar-refractivity contribution in [1.29, 1.82) is 0 Å². The summed E-state index contributed by atoms with van der Waals surface area (Å²) in [5.74, 6) is -0.457. The number of ketones is 1. The number of Topliss-reactive ketones (excluding diaryl/α,β-unsaturated/α-hetero) is 1. The Morgan fingerprint density at radius 2 is 2.27 bits per heavy atom. The van der Waals surface area contributed by atoms with Crippen LogP contribution in [0.2, 0.25) is 0 Å². The van der Waals surface area contributed by atoms with Gasteiger partial charge in [-0.15, -0.1) is 11.3 Å². The van der Waals surface area contributed by atoms with Gasteiger partial charge in [-0.25, -0.2) is 9.37 Å². The Labute approximate surface area is 132 Å². The van der Waals surface area contributed by atoms with E-state index in [2.05, 4.69) is 16.9 Å². The second kappa shape index (κ2) is 6.04. The summed E-state index contributed by atoms with van der Waals surface area (Å²) in [7, 11) is 2.05. The Bertz CT molecular complexity index is 697. The molecular formula is C16H17FN2O2S. The number of carbonyl (C=O) groups is 1. The summed E-state index contributed by atoms with van der Waals surface area (Å²) in [6.45, 7) is 1.62. The molecule has 116 valence electrons. The van der Waals surface area contributed by atoms with Gasteiger partial charge >= 0.3 is 0 Å². The highest BCUT2D eigenvalue weighted by molar-refractivity contribution is 7.13. The number of nitrogens with zero attached hydrogens (tertiary/aromatic N) is 2. The van der Waals surface area contributed by atoms with Gasteiger partial charge < -0.3 is 9.64 Å². The van der Waals surface area contributed by atoms with Gasteiger partial charge in [-0.05, 0) is 31.9 Å². The fourth-order valence-corrected chi connectivity index (χ4v) is 3.02. The zero-order chi connectivity index (χ0) is 15.7. The first-order valence-electron chi connectivity index (χ1n) is 7.15. The quantitative estimate of drug-likeness (QED) is 0.762. The normalized spacial score (nSPS) is 14.0. The van der Waals surface area contributed by atoms with Gasteiger partial charge in [0.05, 0.1) is 11.3 Å². The van der Waals surface area contributed by atoms with Crippen LogP contribution in [0.4, 0.5) is 9.52 Å². The minimum Gasteiger partial charge on any atom is -0.487 e. The number of hydrogen-bond acceptors (Lipinski definition) is 5. The zero-order valence-electron chi connectivity index (χ0n) is 12.5. The molecule has 6 heteroatoms. The fraction of sp³-hybridized carbons (Fsp3) is 0.375. The third-order valence-corrected chi connectivity index (χ3v) is 4.62. The molecule has 0 atom stereocenters. The van der Waals surface area contributed by atoms with E-state index in [0.717, 1.165) is 10.8 Å². The number of carbonyl (C=O) groups excluding carboxylic acids is 1. The van der Waals surface area contributed by atoms with Crippen LogP contribution in [-0.4, -0.2) is 23.9 Å². The van der Waals surface area contributed by atoms with E-state index in [0.29, 0.717) is 11.8 Å². The van der Waals surface area contributed by atoms with E-state index in [1.54, 1.807) is 17.4 Å². The Morgan fingerprint density at radius 3 is 2.91 bits per heavy atom. The average molecular weight is 320 g/mol. The van der Waals surface area contributed by atoms with Crippen LogP contribution < -0.4 is 9.64 Å². The summed E-state index contributed by atoms with van der Waals surface area (Å²) < 4.78 is 19.3. The molecule has 0 N–H and O–H groups in total. The van der Waals surface area contributed by atoms with Gasteiger partial charge in [0.2, 0.25) is 0 Å². The highest BCUT2D eigenvalue weighted by atomic mass is 32.1. The maximum atomic E-state index is 13.7. The predicted octanol–water partition coefficient (Wildman–Crippen LogP) is 3.66. The zero-order valence-corrected chi connectivity index (χ0v) is 13.3. The molecule has 0 saturated heterocycles. The molecule has 3 rings (SSSR count). The van der Waals surface area contributed by atoms with E-state index in [1.807, 2.05) is 5.38 Å². The maximum Gasteiger partial charge on any atom is 0.185 e. The molecule has 0 spiro atoms. The molecule has 0 amide bonds. The molecule has 1 aromatic heterocycles. The lowest BCUT2D eigenvalue weighted by molar-refractivity contribution is 0.101. The summed E-state index contributed by atoms with van der Waals surface area (Å²) in [5.41, 5.74) is 0.901. The van der Waals surface area contributed by atoms with E-state index in [-0.39, 0.29) is 18.0 Å². The summed E-state index contributed by atoms with van der Waals surface area (Å²) in [6.07, 6.45) is 2.45. The van der Waals surface area contributed by atoms with Crippen molar-refractivity contribution < 1.29 is 13.9 Å². The van der Waals surface area contributed by atoms with Gasteiger partial charge in [-0.3, -0.25) is 4.79 Å². The van der Waals surface area contributed by atoms with Crippen LogP contribution in [0.5, 0.6) is 5.75 Å². The highest BCUT2D eigenvalue weighted by Crippen LogP contribution is 2.32. The number of thiazole rings is 1. The predicted molar refractivity (Wildman–Crippen MR) is 84.3 cm³/mol. The lowest BCUT2D eigenvalue weighted by Gasteiger charge is -2.13. The Balaban J connectivity index is 1.62. The second-order valence-electron chi connectivity index (χ2n) is 5.45. The average Bonchev–Trinajstić information content (AvgIpc) is 3.22. The number of anilines is 1. The van der Waals surface area contributed by atoms with Crippen molar-refractivity contribution in [2.45, 2.75) is 32.4 Å². The summed E-state index contributed by atoms with van der Waals surface area (Å²) >= 11 is 1.59. The van der Waals surface area contributed by atoms with E-state index < -0.39 is 5.82 Å². The first kappa shape index (κ1) is 15.0. The van der Waals surface area contributed by atoms with Crippen molar-refractivity contribution in [2.75, 3.05) is 11.9 Å². The molecule has 1 aliphatic rings. The molecule has 1 fully saturated rings. The molecule has 1 aromatic carbocycles. The lowest BCUT2D eigenvalue weighted by atomic mass is 10.1. The highest BCUT2D eigenvalue weighted by Gasteiger charge is 2.27. The molecule has 2 aromatic rings.